The van der Waals surface area contributed by atoms with Crippen LogP contribution in [-0.2, 0) is 6.42 Å². The first-order valence-electron chi connectivity index (χ1n) is 5.17. The summed E-state index contributed by atoms with van der Waals surface area (Å²) in [4.78, 5) is 12.0. The minimum atomic E-state index is 0.180. The summed E-state index contributed by atoms with van der Waals surface area (Å²) >= 11 is 5.68. The zero-order chi connectivity index (χ0) is 12.1. The third-order valence-electron chi connectivity index (χ3n) is 2.19. The Morgan fingerprint density at radius 3 is 2.94 bits per heavy atom. The number of hydrogen-bond donors (Lipinski definition) is 2. The second kappa shape index (κ2) is 5.45. The van der Waals surface area contributed by atoms with Crippen molar-refractivity contribution < 1.29 is 0 Å². The first-order valence-corrected chi connectivity index (χ1v) is 5.55. The molecule has 6 heteroatoms. The molecule has 0 amide bonds. The van der Waals surface area contributed by atoms with Gasteiger partial charge >= 0.3 is 0 Å². The summed E-state index contributed by atoms with van der Waals surface area (Å²) < 4.78 is 0. The lowest BCUT2D eigenvalue weighted by Crippen LogP contribution is -2.09. The molecule has 0 atom stereocenters. The molecule has 88 valence electrons. The molecule has 3 N–H and O–H groups in total. The number of nitrogens with zero attached hydrogens (tertiary/aromatic N) is 3. The van der Waals surface area contributed by atoms with Gasteiger partial charge in [0.15, 0.2) is 5.82 Å². The number of nitrogen functional groups attached to an aromatic ring is 1. The third kappa shape index (κ3) is 3.29. The Bertz CT molecular complexity index is 488. The molecule has 0 aliphatic rings. The molecule has 0 fully saturated rings. The first-order chi connectivity index (χ1) is 8.25. The van der Waals surface area contributed by atoms with Crippen molar-refractivity contribution >= 4 is 23.1 Å². The molecule has 2 heterocycles. The van der Waals surface area contributed by atoms with E-state index in [1.807, 2.05) is 18.2 Å². The maximum Gasteiger partial charge on any atom is 0.224 e. The van der Waals surface area contributed by atoms with Gasteiger partial charge in [-0.1, -0.05) is 6.07 Å². The molecule has 0 aromatic carbocycles. The number of pyridine rings is 1. The van der Waals surface area contributed by atoms with Gasteiger partial charge in [-0.3, -0.25) is 4.98 Å². The molecule has 5 nitrogen and oxygen atoms in total. The van der Waals surface area contributed by atoms with E-state index >= 15 is 0 Å². The van der Waals surface area contributed by atoms with Crippen molar-refractivity contribution in [2.75, 3.05) is 17.6 Å². The smallest absolute Gasteiger partial charge is 0.224 e. The SMILES string of the molecule is Nc1cnc(Cl)nc1NCCc1ccccn1. The van der Waals surface area contributed by atoms with Crippen LogP contribution in [0.15, 0.2) is 30.6 Å². The van der Waals surface area contributed by atoms with Crippen LogP contribution in [0.25, 0.3) is 0 Å². The van der Waals surface area contributed by atoms with Crippen molar-refractivity contribution in [2.24, 2.45) is 0 Å². The molecule has 0 spiro atoms. The average molecular weight is 250 g/mol. The van der Waals surface area contributed by atoms with Gasteiger partial charge in [0.1, 0.15) is 0 Å². The van der Waals surface area contributed by atoms with Crippen LogP contribution in [0.5, 0.6) is 0 Å². The van der Waals surface area contributed by atoms with Gasteiger partial charge in [-0.25, -0.2) is 4.98 Å². The third-order valence-corrected chi connectivity index (χ3v) is 2.37. The van der Waals surface area contributed by atoms with E-state index in [4.69, 9.17) is 17.3 Å². The quantitative estimate of drug-likeness (QED) is 0.808. The predicted molar refractivity (Wildman–Crippen MR) is 67.9 cm³/mol. The van der Waals surface area contributed by atoms with Crippen LogP contribution in [0.4, 0.5) is 11.5 Å². The van der Waals surface area contributed by atoms with Gasteiger partial charge in [0.25, 0.3) is 0 Å². The Morgan fingerprint density at radius 1 is 1.29 bits per heavy atom. The number of halogens is 1. The number of nitrogens with one attached hydrogen (secondary N) is 1. The van der Waals surface area contributed by atoms with Gasteiger partial charge in [0.2, 0.25) is 5.28 Å². The molecule has 17 heavy (non-hydrogen) atoms. The lowest BCUT2D eigenvalue weighted by molar-refractivity contribution is 0.952. The van der Waals surface area contributed by atoms with Crippen molar-refractivity contribution in [3.63, 3.8) is 0 Å². The normalized spacial score (nSPS) is 10.2. The Morgan fingerprint density at radius 2 is 2.18 bits per heavy atom. The number of rotatable bonds is 4. The minimum absolute atomic E-state index is 0.180. The molecular weight excluding hydrogens is 238 g/mol. The maximum atomic E-state index is 5.71. The molecular formula is C11H12ClN5. The molecule has 0 saturated heterocycles. The average Bonchev–Trinajstić information content (AvgIpc) is 2.35. The fraction of sp³-hybridized carbons (Fsp3) is 0.182. The van der Waals surface area contributed by atoms with Gasteiger partial charge in [-0.05, 0) is 23.7 Å². The zero-order valence-corrected chi connectivity index (χ0v) is 9.85. The van der Waals surface area contributed by atoms with E-state index in [0.717, 1.165) is 12.1 Å². The van der Waals surface area contributed by atoms with Crippen LogP contribution in [-0.4, -0.2) is 21.5 Å². The largest absolute Gasteiger partial charge is 0.394 e. The summed E-state index contributed by atoms with van der Waals surface area (Å²) in [6.07, 6.45) is 4.05. The van der Waals surface area contributed by atoms with Crippen molar-refractivity contribution in [2.45, 2.75) is 6.42 Å². The lowest BCUT2D eigenvalue weighted by Gasteiger charge is -2.07. The van der Waals surface area contributed by atoms with Crippen molar-refractivity contribution in [1.82, 2.24) is 15.0 Å². The van der Waals surface area contributed by atoms with Crippen LogP contribution in [0.3, 0.4) is 0 Å². The maximum absolute atomic E-state index is 5.71. The van der Waals surface area contributed by atoms with Crippen molar-refractivity contribution in [3.05, 3.63) is 41.6 Å². The second-order valence-electron chi connectivity index (χ2n) is 3.44. The zero-order valence-electron chi connectivity index (χ0n) is 9.10. The number of anilines is 2. The van der Waals surface area contributed by atoms with Crippen molar-refractivity contribution in [3.8, 4) is 0 Å². The molecule has 2 aromatic heterocycles. The molecule has 0 radical (unpaired) electrons. The molecule has 0 bridgehead atoms. The van der Waals surface area contributed by atoms with Gasteiger partial charge in [-0.15, -0.1) is 0 Å². The fourth-order valence-electron chi connectivity index (χ4n) is 1.37. The van der Waals surface area contributed by atoms with Crippen LogP contribution >= 0.6 is 11.6 Å². The van der Waals surface area contributed by atoms with E-state index in [9.17, 15) is 0 Å². The highest BCUT2D eigenvalue weighted by molar-refractivity contribution is 6.28. The summed E-state index contributed by atoms with van der Waals surface area (Å²) in [6.45, 7) is 0.689. The molecule has 0 aliphatic carbocycles. The van der Waals surface area contributed by atoms with E-state index in [-0.39, 0.29) is 5.28 Å². The highest BCUT2D eigenvalue weighted by Crippen LogP contribution is 2.15. The first kappa shape index (κ1) is 11.6. The van der Waals surface area contributed by atoms with Crippen molar-refractivity contribution in [1.29, 1.82) is 0 Å². The lowest BCUT2D eigenvalue weighted by atomic mass is 10.3. The number of nitrogens with two attached hydrogens (primary N) is 1. The summed E-state index contributed by atoms with van der Waals surface area (Å²) in [7, 11) is 0. The Labute approximate surface area is 104 Å². The predicted octanol–water partition coefficient (Wildman–Crippen LogP) is 1.76. The van der Waals surface area contributed by atoms with E-state index in [1.54, 1.807) is 6.20 Å². The topological polar surface area (TPSA) is 76.7 Å². The van der Waals surface area contributed by atoms with Gasteiger partial charge in [-0.2, -0.15) is 4.98 Å². The van der Waals surface area contributed by atoms with Gasteiger partial charge < -0.3 is 11.1 Å². The van der Waals surface area contributed by atoms with E-state index in [2.05, 4.69) is 20.3 Å². The van der Waals surface area contributed by atoms with Crippen LogP contribution < -0.4 is 11.1 Å². The van der Waals surface area contributed by atoms with Gasteiger partial charge in [0, 0.05) is 24.9 Å². The standard InChI is InChI=1S/C11H12ClN5/c12-11-16-7-9(13)10(17-11)15-6-4-8-3-1-2-5-14-8/h1-3,5,7H,4,6,13H2,(H,15,16,17). The van der Waals surface area contributed by atoms with E-state index in [1.165, 1.54) is 6.20 Å². The number of aromatic nitrogens is 3. The monoisotopic (exact) mass is 249 g/mol. The number of hydrogen-bond acceptors (Lipinski definition) is 5. The second-order valence-corrected chi connectivity index (χ2v) is 3.78. The molecule has 0 aliphatic heterocycles. The highest BCUT2D eigenvalue weighted by Gasteiger charge is 2.02. The Kier molecular flexibility index (Phi) is 3.72. The van der Waals surface area contributed by atoms with Crippen LogP contribution in [0.2, 0.25) is 5.28 Å². The summed E-state index contributed by atoms with van der Waals surface area (Å²) in [5, 5.41) is 3.28. The fourth-order valence-corrected chi connectivity index (χ4v) is 1.50. The minimum Gasteiger partial charge on any atom is -0.394 e. The summed E-state index contributed by atoms with van der Waals surface area (Å²) in [5.74, 6) is 0.556. The molecule has 2 rings (SSSR count). The Hall–Kier alpha value is -1.88. The van der Waals surface area contributed by atoms with Crippen LogP contribution in [0, 0.1) is 0 Å². The van der Waals surface area contributed by atoms with Gasteiger partial charge in [0.05, 0.1) is 11.9 Å². The van der Waals surface area contributed by atoms with Crippen LogP contribution in [0.1, 0.15) is 5.69 Å². The summed E-state index contributed by atoms with van der Waals surface area (Å²) in [6, 6.07) is 5.81. The Balaban J connectivity index is 1.92. The summed E-state index contributed by atoms with van der Waals surface area (Å²) in [5.41, 5.74) is 7.20. The molecule has 0 unspecified atom stereocenters. The molecule has 2 aromatic rings. The molecule has 0 saturated carbocycles. The van der Waals surface area contributed by atoms with E-state index < -0.39 is 0 Å². The highest BCUT2D eigenvalue weighted by atomic mass is 35.5. The van der Waals surface area contributed by atoms with E-state index in [0.29, 0.717) is 18.1 Å².